The van der Waals surface area contributed by atoms with Crippen LogP contribution in [0.15, 0.2) is 29.1 Å². The number of piperidine rings is 2. The molecule has 1 aromatic carbocycles. The molecule has 7 atom stereocenters. The van der Waals surface area contributed by atoms with Gasteiger partial charge in [0.25, 0.3) is 5.56 Å². The lowest BCUT2D eigenvalue weighted by Gasteiger charge is -2.58. The molecule has 4 saturated carbocycles. The van der Waals surface area contributed by atoms with Crippen LogP contribution in [0.2, 0.25) is 0 Å². The van der Waals surface area contributed by atoms with E-state index in [0.29, 0.717) is 36.5 Å². The highest BCUT2D eigenvalue weighted by molar-refractivity contribution is 5.81. The third-order valence-corrected chi connectivity index (χ3v) is 12.3. The van der Waals surface area contributed by atoms with Gasteiger partial charge in [0.15, 0.2) is 5.82 Å². The fourth-order valence-electron chi connectivity index (χ4n) is 11.0. The van der Waals surface area contributed by atoms with Gasteiger partial charge in [-0.15, -0.1) is 0 Å². The lowest BCUT2D eigenvalue weighted by atomic mass is 9.73. The van der Waals surface area contributed by atoms with Gasteiger partial charge in [-0.2, -0.15) is 0 Å². The second-order valence-corrected chi connectivity index (χ2v) is 14.6. The fourth-order valence-corrected chi connectivity index (χ4v) is 11.0. The maximum Gasteiger partial charge on any atom is 0.308 e. The fraction of sp³-hybridized carbons (Fsp3) is 0.697. The zero-order chi connectivity index (χ0) is 29.5. The lowest BCUT2D eigenvalue weighted by Crippen LogP contribution is -2.63. The van der Waals surface area contributed by atoms with Crippen LogP contribution >= 0.6 is 0 Å². The minimum Gasteiger partial charge on any atom is -0.481 e. The quantitative estimate of drug-likeness (QED) is 0.423. The monoisotopic (exact) mass is 589 g/mol. The van der Waals surface area contributed by atoms with Crippen molar-refractivity contribution in [1.82, 2.24) is 19.4 Å². The number of hydrogen-bond donors (Lipinski definition) is 3. The third kappa shape index (κ3) is 4.42. The van der Waals surface area contributed by atoms with E-state index >= 15 is 0 Å². The predicted octanol–water partition coefficient (Wildman–Crippen LogP) is 3.66. The average Bonchev–Trinajstić information content (AvgIpc) is 3.59. The molecule has 4 unspecified atom stereocenters. The summed E-state index contributed by atoms with van der Waals surface area (Å²) in [5.74, 6) is -0.940. The summed E-state index contributed by atoms with van der Waals surface area (Å²) in [5, 5.41) is 22.2. The van der Waals surface area contributed by atoms with Crippen molar-refractivity contribution in [3.05, 3.63) is 34.6 Å². The first kappa shape index (κ1) is 27.6. The number of anilines is 1. The van der Waals surface area contributed by atoms with Gasteiger partial charge in [0.2, 0.25) is 0 Å². The van der Waals surface area contributed by atoms with Crippen molar-refractivity contribution in [2.24, 2.45) is 29.6 Å². The van der Waals surface area contributed by atoms with E-state index in [2.05, 4.69) is 10.2 Å². The van der Waals surface area contributed by atoms with E-state index < -0.39 is 23.8 Å². The van der Waals surface area contributed by atoms with Crippen molar-refractivity contribution >= 4 is 28.8 Å². The molecule has 4 aliphatic carbocycles. The Balaban J connectivity index is 1.04. The Labute approximate surface area is 251 Å². The Morgan fingerprint density at radius 1 is 0.907 bits per heavy atom. The van der Waals surface area contributed by atoms with Gasteiger partial charge in [-0.1, -0.05) is 18.6 Å². The van der Waals surface area contributed by atoms with Crippen LogP contribution in [0.4, 0.5) is 5.82 Å². The third-order valence-electron chi connectivity index (χ3n) is 12.3. The molecule has 10 heteroatoms. The number of carbonyl (C=O) groups is 2. The predicted molar refractivity (Wildman–Crippen MR) is 161 cm³/mol. The van der Waals surface area contributed by atoms with E-state index in [1.54, 1.807) is 0 Å². The first-order valence-corrected chi connectivity index (χ1v) is 16.5. The molecule has 7 fully saturated rings. The Morgan fingerprint density at radius 2 is 1.56 bits per heavy atom. The van der Waals surface area contributed by atoms with E-state index in [-0.39, 0.29) is 24.7 Å². The van der Waals surface area contributed by atoms with Crippen molar-refractivity contribution in [2.45, 2.75) is 87.9 Å². The Bertz CT molecular complexity index is 1460. The van der Waals surface area contributed by atoms with Crippen LogP contribution in [0.3, 0.4) is 0 Å². The van der Waals surface area contributed by atoms with E-state index in [1.807, 2.05) is 33.7 Å². The molecule has 0 spiro atoms. The highest BCUT2D eigenvalue weighted by Crippen LogP contribution is 2.65. The van der Waals surface area contributed by atoms with Crippen LogP contribution in [0.25, 0.3) is 11.0 Å². The minimum atomic E-state index is -1.08. The second kappa shape index (κ2) is 10.3. The number of nitrogens with one attached hydrogen (secondary N) is 1. The SMILES string of the molecule is O=C(O)C1CN(CCNc2nc3ccccc3n([C@H]3CC4CCC[C@@H](C3)N4C34CC5CC(CC3C5)C4)c2=O)C[C@H]1C(=O)O. The number of hydrogen-bond acceptors (Lipinski definition) is 7. The molecule has 3 aliphatic heterocycles. The normalized spacial score (nSPS) is 38.6. The summed E-state index contributed by atoms with van der Waals surface area (Å²) in [7, 11) is 0. The number of aliphatic carboxylic acids is 2. The minimum absolute atomic E-state index is 0.0949. The summed E-state index contributed by atoms with van der Waals surface area (Å²) in [6.45, 7) is 1.20. The zero-order valence-electron chi connectivity index (χ0n) is 24.7. The zero-order valence-corrected chi connectivity index (χ0v) is 24.7. The molecule has 0 amide bonds. The van der Waals surface area contributed by atoms with Crippen LogP contribution in [0, 0.1) is 29.6 Å². The topological polar surface area (TPSA) is 128 Å². The van der Waals surface area contributed by atoms with E-state index in [1.165, 1.54) is 51.4 Å². The Hall–Kier alpha value is -2.98. The molecule has 9 rings (SSSR count). The second-order valence-electron chi connectivity index (χ2n) is 14.6. The first-order chi connectivity index (χ1) is 20.8. The van der Waals surface area contributed by atoms with Gasteiger partial charge in [-0.3, -0.25) is 24.2 Å². The number of fused-ring (bicyclic) bond motifs is 3. The summed E-state index contributed by atoms with van der Waals surface area (Å²) < 4.78 is 2.03. The smallest absolute Gasteiger partial charge is 0.308 e. The highest BCUT2D eigenvalue weighted by atomic mass is 16.4. The van der Waals surface area contributed by atoms with E-state index in [0.717, 1.165) is 41.6 Å². The molecule has 4 heterocycles. The largest absolute Gasteiger partial charge is 0.481 e. The number of aromatic nitrogens is 2. The molecule has 230 valence electrons. The molecule has 7 aliphatic rings. The molecule has 3 saturated heterocycles. The summed E-state index contributed by atoms with van der Waals surface area (Å²) in [6, 6.07) is 9.13. The molecule has 1 aromatic heterocycles. The molecule has 0 radical (unpaired) electrons. The number of rotatable bonds is 8. The number of nitrogens with zero attached hydrogens (tertiary/aromatic N) is 4. The van der Waals surface area contributed by atoms with Crippen molar-refractivity contribution in [2.75, 3.05) is 31.5 Å². The molecule has 6 bridgehead atoms. The van der Waals surface area contributed by atoms with E-state index in [4.69, 9.17) is 4.98 Å². The van der Waals surface area contributed by atoms with Crippen molar-refractivity contribution in [1.29, 1.82) is 0 Å². The van der Waals surface area contributed by atoms with Crippen molar-refractivity contribution in [3.8, 4) is 0 Å². The van der Waals surface area contributed by atoms with Gasteiger partial charge in [0, 0.05) is 49.8 Å². The maximum atomic E-state index is 14.1. The highest BCUT2D eigenvalue weighted by Gasteiger charge is 2.63. The lowest BCUT2D eigenvalue weighted by molar-refractivity contribution is -0.151. The van der Waals surface area contributed by atoms with Crippen molar-refractivity contribution in [3.63, 3.8) is 0 Å². The van der Waals surface area contributed by atoms with Gasteiger partial charge < -0.3 is 20.1 Å². The van der Waals surface area contributed by atoms with Crippen LogP contribution in [0.5, 0.6) is 0 Å². The standard InChI is InChI=1S/C33H43N5O5/c39-30-29(34-8-9-36-17-25(31(40)41)26(18-36)32(42)43)35-27-6-1-2-7-28(27)37(30)24-13-22-4-3-5-23(14-24)38(22)33-15-19-10-20(16-33)12-21(33)11-19/h1-2,6-7,19-26H,3-5,8-18H2,(H,34,35)(H,40,41)(H,42,43)/t19?,20?,21?,22-,23?,24+,25+,26?,33?/m0/s1. The molecule has 3 N–H and O–H groups in total. The number of para-hydroxylation sites is 2. The molecule has 10 nitrogen and oxygen atoms in total. The summed E-state index contributed by atoms with van der Waals surface area (Å²) >= 11 is 0. The molecule has 43 heavy (non-hydrogen) atoms. The number of likely N-dealkylation sites (tertiary alicyclic amines) is 1. The van der Waals surface area contributed by atoms with Gasteiger partial charge in [-0.25, -0.2) is 4.98 Å². The van der Waals surface area contributed by atoms with Crippen LogP contribution in [0.1, 0.15) is 70.3 Å². The summed E-state index contributed by atoms with van der Waals surface area (Å²) in [5.41, 5.74) is 2.01. The molecule has 2 aromatic rings. The Morgan fingerprint density at radius 3 is 2.21 bits per heavy atom. The van der Waals surface area contributed by atoms with Crippen LogP contribution < -0.4 is 10.9 Å². The average molecular weight is 590 g/mol. The van der Waals surface area contributed by atoms with Gasteiger partial charge in [0.1, 0.15) is 0 Å². The van der Waals surface area contributed by atoms with Gasteiger partial charge in [0.05, 0.1) is 22.9 Å². The summed E-state index contributed by atoms with van der Waals surface area (Å²) in [6.07, 6.45) is 12.9. The molecular weight excluding hydrogens is 546 g/mol. The number of carboxylic acid groups (broad SMARTS) is 2. The van der Waals surface area contributed by atoms with Crippen LogP contribution in [-0.2, 0) is 9.59 Å². The first-order valence-electron chi connectivity index (χ1n) is 16.5. The van der Waals surface area contributed by atoms with Crippen molar-refractivity contribution < 1.29 is 19.8 Å². The van der Waals surface area contributed by atoms with Gasteiger partial charge >= 0.3 is 11.9 Å². The Kier molecular flexibility index (Phi) is 6.60. The number of benzene rings is 1. The van der Waals surface area contributed by atoms with E-state index in [9.17, 15) is 24.6 Å². The summed E-state index contributed by atoms with van der Waals surface area (Å²) in [4.78, 5) is 46.9. The number of carboxylic acids is 2. The van der Waals surface area contributed by atoms with Gasteiger partial charge in [-0.05, 0) is 87.7 Å². The maximum absolute atomic E-state index is 14.1. The van der Waals surface area contributed by atoms with Crippen LogP contribution in [-0.4, -0.2) is 85.3 Å². The molecular formula is C33H43N5O5.